The maximum absolute atomic E-state index is 5.76. The Kier molecular flexibility index (Phi) is 6.56. The third-order valence-corrected chi connectivity index (χ3v) is 3.22. The minimum atomic E-state index is 0.564. The zero-order chi connectivity index (χ0) is 13.4. The predicted octanol–water partition coefficient (Wildman–Crippen LogP) is 5.24. The molecule has 1 aromatic carbocycles. The van der Waals surface area contributed by atoms with Crippen LogP contribution in [0.4, 0.5) is 0 Å². The van der Waals surface area contributed by atoms with Crippen LogP contribution in [-0.2, 0) is 0 Å². The van der Waals surface area contributed by atoms with Crippen molar-refractivity contribution in [2.45, 2.75) is 52.9 Å². The van der Waals surface area contributed by atoms with Crippen LogP contribution in [0.1, 0.15) is 57.1 Å². The molecule has 0 radical (unpaired) electrons. The van der Waals surface area contributed by atoms with Crippen LogP contribution >= 0.6 is 0 Å². The molecule has 1 atom stereocenters. The molecule has 0 bridgehead atoms. The van der Waals surface area contributed by atoms with Crippen molar-refractivity contribution in [3.05, 3.63) is 41.5 Å². The number of benzene rings is 1. The molecule has 0 amide bonds. The minimum absolute atomic E-state index is 0.564. The van der Waals surface area contributed by atoms with Crippen LogP contribution in [0.2, 0.25) is 0 Å². The second-order valence-electron chi connectivity index (χ2n) is 4.69. The largest absolute Gasteiger partial charge is 0.494 e. The quantitative estimate of drug-likeness (QED) is 0.597. The second kappa shape index (κ2) is 7.97. The minimum Gasteiger partial charge on any atom is -0.494 e. The van der Waals surface area contributed by atoms with E-state index in [0.29, 0.717) is 5.92 Å². The van der Waals surface area contributed by atoms with E-state index in [1.165, 1.54) is 11.1 Å². The number of aryl methyl sites for hydroxylation is 1. The molecule has 18 heavy (non-hydrogen) atoms. The Bertz CT molecular complexity index is 379. The summed E-state index contributed by atoms with van der Waals surface area (Å²) in [4.78, 5) is 0. The topological polar surface area (TPSA) is 9.23 Å². The van der Waals surface area contributed by atoms with E-state index in [1.54, 1.807) is 0 Å². The Morgan fingerprint density at radius 1 is 1.17 bits per heavy atom. The molecule has 0 saturated carbocycles. The van der Waals surface area contributed by atoms with Crippen LogP contribution in [0.3, 0.4) is 0 Å². The lowest BCUT2D eigenvalue weighted by Crippen LogP contribution is -2.02. The van der Waals surface area contributed by atoms with Gasteiger partial charge in [0.25, 0.3) is 0 Å². The molecular formula is C17H26O. The van der Waals surface area contributed by atoms with Gasteiger partial charge in [-0.15, -0.1) is 0 Å². The van der Waals surface area contributed by atoms with Crippen molar-refractivity contribution in [1.29, 1.82) is 0 Å². The Labute approximate surface area is 112 Å². The zero-order valence-corrected chi connectivity index (χ0v) is 12.2. The molecule has 0 aliphatic heterocycles. The predicted molar refractivity (Wildman–Crippen MR) is 79.4 cm³/mol. The first-order valence-corrected chi connectivity index (χ1v) is 7.11. The summed E-state index contributed by atoms with van der Waals surface area (Å²) >= 11 is 0. The van der Waals surface area contributed by atoms with Crippen LogP contribution in [0, 0.1) is 6.92 Å². The molecule has 0 N–H and O–H groups in total. The lowest BCUT2D eigenvalue weighted by molar-refractivity contribution is 0.333. The number of rotatable bonds is 7. The molecule has 1 aromatic rings. The maximum atomic E-state index is 5.76. The molecule has 1 heteroatoms. The summed E-state index contributed by atoms with van der Waals surface area (Å²) in [6, 6.07) is 6.52. The summed E-state index contributed by atoms with van der Waals surface area (Å²) in [6.45, 7) is 9.35. The fourth-order valence-electron chi connectivity index (χ4n) is 2.21. The monoisotopic (exact) mass is 246 g/mol. The summed E-state index contributed by atoms with van der Waals surface area (Å²) in [6.07, 6.45) is 7.92. The smallest absolute Gasteiger partial charge is 0.122 e. The van der Waals surface area contributed by atoms with Gasteiger partial charge in [-0.25, -0.2) is 0 Å². The van der Waals surface area contributed by atoms with Crippen LogP contribution < -0.4 is 4.74 Å². The van der Waals surface area contributed by atoms with Gasteiger partial charge in [-0.2, -0.15) is 0 Å². The first-order valence-electron chi connectivity index (χ1n) is 7.11. The van der Waals surface area contributed by atoms with Crippen molar-refractivity contribution < 1.29 is 4.74 Å². The van der Waals surface area contributed by atoms with Crippen LogP contribution in [0.25, 0.3) is 0 Å². The standard InChI is InChI=1S/C17H26O/c1-5-8-9-10-15(6-2)16-13-14(4)11-12-17(16)18-7-3/h8-9,11-13,15H,5-7,10H2,1-4H3/b9-8-. The van der Waals surface area contributed by atoms with Crippen molar-refractivity contribution in [2.75, 3.05) is 6.61 Å². The molecule has 0 spiro atoms. The number of hydrogen-bond acceptors (Lipinski definition) is 1. The van der Waals surface area contributed by atoms with Gasteiger partial charge in [-0.05, 0) is 50.7 Å². The Morgan fingerprint density at radius 2 is 1.94 bits per heavy atom. The summed E-state index contributed by atoms with van der Waals surface area (Å²) in [5, 5.41) is 0. The van der Waals surface area contributed by atoms with E-state index in [1.807, 2.05) is 6.92 Å². The van der Waals surface area contributed by atoms with Crippen LogP contribution in [-0.4, -0.2) is 6.61 Å². The molecule has 0 aromatic heterocycles. The Morgan fingerprint density at radius 3 is 2.56 bits per heavy atom. The molecule has 0 heterocycles. The van der Waals surface area contributed by atoms with Gasteiger partial charge < -0.3 is 4.74 Å². The average Bonchev–Trinajstić information content (AvgIpc) is 2.37. The van der Waals surface area contributed by atoms with Crippen LogP contribution in [0.5, 0.6) is 5.75 Å². The normalized spacial score (nSPS) is 12.9. The van der Waals surface area contributed by atoms with Crippen molar-refractivity contribution in [3.8, 4) is 5.75 Å². The molecule has 0 aliphatic rings. The molecule has 0 aliphatic carbocycles. The third kappa shape index (κ3) is 4.21. The Balaban J connectivity index is 2.94. The lowest BCUT2D eigenvalue weighted by atomic mass is 9.91. The molecular weight excluding hydrogens is 220 g/mol. The highest BCUT2D eigenvalue weighted by Crippen LogP contribution is 2.32. The van der Waals surface area contributed by atoms with Gasteiger partial charge in [0, 0.05) is 0 Å². The summed E-state index contributed by atoms with van der Waals surface area (Å²) in [7, 11) is 0. The Hall–Kier alpha value is -1.24. The van der Waals surface area contributed by atoms with E-state index in [-0.39, 0.29) is 0 Å². The zero-order valence-electron chi connectivity index (χ0n) is 12.2. The summed E-state index contributed by atoms with van der Waals surface area (Å²) in [5.41, 5.74) is 2.67. The molecule has 1 nitrogen and oxygen atoms in total. The molecule has 0 fully saturated rings. The van der Waals surface area contributed by atoms with Gasteiger partial charge >= 0.3 is 0 Å². The van der Waals surface area contributed by atoms with E-state index in [4.69, 9.17) is 4.74 Å². The van der Waals surface area contributed by atoms with Gasteiger partial charge in [0.15, 0.2) is 0 Å². The fourth-order valence-corrected chi connectivity index (χ4v) is 2.21. The van der Waals surface area contributed by atoms with Crippen molar-refractivity contribution in [2.24, 2.45) is 0 Å². The van der Waals surface area contributed by atoms with Crippen molar-refractivity contribution in [3.63, 3.8) is 0 Å². The van der Waals surface area contributed by atoms with Crippen LogP contribution in [0.15, 0.2) is 30.4 Å². The van der Waals surface area contributed by atoms with Crippen molar-refractivity contribution in [1.82, 2.24) is 0 Å². The maximum Gasteiger partial charge on any atom is 0.122 e. The average molecular weight is 246 g/mol. The summed E-state index contributed by atoms with van der Waals surface area (Å²) < 4.78 is 5.76. The molecule has 100 valence electrons. The summed E-state index contributed by atoms with van der Waals surface area (Å²) in [5.74, 6) is 1.62. The van der Waals surface area contributed by atoms with Gasteiger partial charge in [-0.3, -0.25) is 0 Å². The first-order chi connectivity index (χ1) is 8.72. The fraction of sp³-hybridized carbons (Fsp3) is 0.529. The SMILES string of the molecule is CC/C=C\CC(CC)c1cc(C)ccc1OCC. The van der Waals surface area contributed by atoms with E-state index < -0.39 is 0 Å². The lowest BCUT2D eigenvalue weighted by Gasteiger charge is -2.18. The molecule has 1 rings (SSSR count). The van der Waals surface area contributed by atoms with E-state index in [2.05, 4.69) is 51.1 Å². The highest BCUT2D eigenvalue weighted by molar-refractivity contribution is 5.39. The highest BCUT2D eigenvalue weighted by atomic mass is 16.5. The molecule has 0 saturated heterocycles. The van der Waals surface area contributed by atoms with Gasteiger partial charge in [0.05, 0.1) is 6.61 Å². The van der Waals surface area contributed by atoms with E-state index in [0.717, 1.165) is 31.6 Å². The van der Waals surface area contributed by atoms with Gasteiger partial charge in [0.1, 0.15) is 5.75 Å². The molecule has 1 unspecified atom stereocenters. The van der Waals surface area contributed by atoms with E-state index in [9.17, 15) is 0 Å². The third-order valence-electron chi connectivity index (χ3n) is 3.22. The second-order valence-corrected chi connectivity index (χ2v) is 4.69. The van der Waals surface area contributed by atoms with Crippen molar-refractivity contribution >= 4 is 0 Å². The first kappa shape index (κ1) is 14.8. The van der Waals surface area contributed by atoms with Gasteiger partial charge in [0.2, 0.25) is 0 Å². The van der Waals surface area contributed by atoms with E-state index >= 15 is 0 Å². The number of hydrogen-bond donors (Lipinski definition) is 0. The highest BCUT2D eigenvalue weighted by Gasteiger charge is 2.13. The number of ether oxygens (including phenoxy) is 1. The van der Waals surface area contributed by atoms with Gasteiger partial charge in [-0.1, -0.05) is 43.7 Å². The number of allylic oxidation sites excluding steroid dienone is 2.